The molecule has 18 heavy (non-hydrogen) atoms. The van der Waals surface area contributed by atoms with Crippen molar-refractivity contribution in [2.75, 3.05) is 6.61 Å². The second-order valence-electron chi connectivity index (χ2n) is 3.18. The van der Waals surface area contributed by atoms with Crippen molar-refractivity contribution in [2.24, 2.45) is 5.14 Å². The van der Waals surface area contributed by atoms with Gasteiger partial charge in [-0.15, -0.1) is 0 Å². The molecule has 1 aromatic rings. The van der Waals surface area contributed by atoms with Crippen molar-refractivity contribution >= 4 is 22.0 Å². The number of carboxylic acid groups (broad SMARTS) is 1. The highest BCUT2D eigenvalue weighted by molar-refractivity contribution is 7.89. The van der Waals surface area contributed by atoms with Crippen molar-refractivity contribution in [3.05, 3.63) is 11.8 Å². The first kappa shape index (κ1) is 14.1. The Hall–Kier alpha value is -1.94. The van der Waals surface area contributed by atoms with Crippen LogP contribution in [0.1, 0.15) is 17.3 Å². The van der Waals surface area contributed by atoms with E-state index in [0.717, 1.165) is 6.20 Å². The van der Waals surface area contributed by atoms with Gasteiger partial charge in [0.25, 0.3) is 10.0 Å². The van der Waals surface area contributed by atoms with E-state index in [1.54, 1.807) is 0 Å². The molecule has 9 nitrogen and oxygen atoms in total. The lowest BCUT2D eigenvalue weighted by atomic mass is 10.4. The number of hydrogen-bond donors (Lipinski definition) is 2. The van der Waals surface area contributed by atoms with Crippen LogP contribution in [0.25, 0.3) is 0 Å². The minimum Gasteiger partial charge on any atom is -0.480 e. The van der Waals surface area contributed by atoms with E-state index in [4.69, 9.17) is 10.2 Å². The fourth-order valence-corrected chi connectivity index (χ4v) is 2.11. The number of rotatable bonds is 5. The van der Waals surface area contributed by atoms with Crippen LogP contribution in [0.4, 0.5) is 0 Å². The number of sulfonamides is 1. The number of carbonyl (C=O) groups excluding carboxylic acids is 1. The molecule has 0 saturated carbocycles. The van der Waals surface area contributed by atoms with E-state index >= 15 is 0 Å². The van der Waals surface area contributed by atoms with Gasteiger partial charge in [0.05, 0.1) is 12.8 Å². The van der Waals surface area contributed by atoms with Crippen molar-refractivity contribution in [3.63, 3.8) is 0 Å². The standard InChI is InChI=1S/C8H11N3O6S/c1-2-17-8(14)5-3-10-11(4-6(12)13)7(5)18(9,15)16/h3H,2,4H2,1H3,(H,12,13)(H2,9,15,16). The fraction of sp³-hybridized carbons (Fsp3) is 0.375. The van der Waals surface area contributed by atoms with Crippen molar-refractivity contribution in [1.82, 2.24) is 9.78 Å². The summed E-state index contributed by atoms with van der Waals surface area (Å²) in [5, 5.41) is 16.3. The van der Waals surface area contributed by atoms with E-state index < -0.39 is 33.5 Å². The molecule has 0 atom stereocenters. The fourth-order valence-electron chi connectivity index (χ4n) is 1.26. The van der Waals surface area contributed by atoms with Crippen LogP contribution < -0.4 is 5.14 Å². The van der Waals surface area contributed by atoms with Crippen LogP contribution >= 0.6 is 0 Å². The van der Waals surface area contributed by atoms with Gasteiger partial charge in [0, 0.05) is 0 Å². The molecule has 100 valence electrons. The van der Waals surface area contributed by atoms with Crippen LogP contribution in [0.2, 0.25) is 0 Å². The first-order chi connectivity index (χ1) is 8.27. The zero-order valence-corrected chi connectivity index (χ0v) is 10.2. The first-order valence-electron chi connectivity index (χ1n) is 4.75. The van der Waals surface area contributed by atoms with Gasteiger partial charge in [-0.25, -0.2) is 23.0 Å². The van der Waals surface area contributed by atoms with Crippen LogP contribution in [-0.2, 0) is 26.1 Å². The number of ether oxygens (including phenoxy) is 1. The Labute approximate surface area is 102 Å². The van der Waals surface area contributed by atoms with Gasteiger partial charge >= 0.3 is 11.9 Å². The molecular weight excluding hydrogens is 266 g/mol. The second kappa shape index (κ2) is 5.14. The summed E-state index contributed by atoms with van der Waals surface area (Å²) >= 11 is 0. The summed E-state index contributed by atoms with van der Waals surface area (Å²) in [6.45, 7) is 0.842. The molecule has 1 rings (SSSR count). The van der Waals surface area contributed by atoms with Gasteiger partial charge in [-0.1, -0.05) is 0 Å². The zero-order valence-electron chi connectivity index (χ0n) is 9.36. The third kappa shape index (κ3) is 3.05. The van der Waals surface area contributed by atoms with Crippen LogP contribution in [-0.4, -0.2) is 41.9 Å². The highest BCUT2D eigenvalue weighted by Gasteiger charge is 2.27. The molecular formula is C8H11N3O6S. The highest BCUT2D eigenvalue weighted by atomic mass is 32.2. The van der Waals surface area contributed by atoms with Crippen molar-refractivity contribution in [3.8, 4) is 0 Å². The van der Waals surface area contributed by atoms with E-state index in [-0.39, 0.29) is 12.2 Å². The Morgan fingerprint density at radius 2 is 2.17 bits per heavy atom. The summed E-state index contributed by atoms with van der Waals surface area (Å²) in [5.74, 6) is -2.25. The van der Waals surface area contributed by atoms with Crippen molar-refractivity contribution in [2.45, 2.75) is 18.5 Å². The summed E-state index contributed by atoms with van der Waals surface area (Å²) in [7, 11) is -4.29. The minimum atomic E-state index is -4.29. The van der Waals surface area contributed by atoms with Gasteiger partial charge in [0.2, 0.25) is 0 Å². The molecule has 0 aliphatic carbocycles. The predicted octanol–water partition coefficient (Wildman–Crippen LogP) is -1.21. The van der Waals surface area contributed by atoms with Crippen LogP contribution in [0.3, 0.4) is 0 Å². The van der Waals surface area contributed by atoms with E-state index in [1.165, 1.54) is 6.92 Å². The Bertz CT molecular complexity index is 576. The third-order valence-corrected chi connectivity index (χ3v) is 2.81. The van der Waals surface area contributed by atoms with Crippen molar-refractivity contribution < 1.29 is 27.9 Å². The molecule has 0 aliphatic heterocycles. The summed E-state index contributed by atoms with van der Waals surface area (Å²) < 4.78 is 27.9. The number of primary sulfonamides is 1. The Morgan fingerprint density at radius 1 is 1.56 bits per heavy atom. The van der Waals surface area contributed by atoms with Gasteiger partial charge < -0.3 is 9.84 Å². The van der Waals surface area contributed by atoms with Crippen LogP contribution in [0.5, 0.6) is 0 Å². The molecule has 0 radical (unpaired) electrons. The highest BCUT2D eigenvalue weighted by Crippen LogP contribution is 2.15. The van der Waals surface area contributed by atoms with Gasteiger partial charge in [0.1, 0.15) is 12.1 Å². The Balaban J connectivity index is 3.33. The molecule has 0 bridgehead atoms. The maximum Gasteiger partial charge on any atom is 0.342 e. The number of aromatic nitrogens is 2. The number of aliphatic carboxylic acids is 1. The summed E-state index contributed by atoms with van der Waals surface area (Å²) in [6, 6.07) is 0. The van der Waals surface area contributed by atoms with Crippen molar-refractivity contribution in [1.29, 1.82) is 0 Å². The monoisotopic (exact) mass is 277 g/mol. The maximum atomic E-state index is 11.5. The average Bonchev–Trinajstić information content (AvgIpc) is 2.60. The normalized spacial score (nSPS) is 11.2. The average molecular weight is 277 g/mol. The molecule has 3 N–H and O–H groups in total. The largest absolute Gasteiger partial charge is 0.480 e. The van der Waals surface area contributed by atoms with E-state index in [0.29, 0.717) is 4.68 Å². The van der Waals surface area contributed by atoms with Gasteiger partial charge in [-0.3, -0.25) is 4.79 Å². The molecule has 0 unspecified atom stereocenters. The van der Waals surface area contributed by atoms with Gasteiger partial charge in [0.15, 0.2) is 5.03 Å². The summed E-state index contributed by atoms with van der Waals surface area (Å²) in [6.07, 6.45) is 0.903. The second-order valence-corrected chi connectivity index (χ2v) is 4.66. The zero-order chi connectivity index (χ0) is 13.9. The minimum absolute atomic E-state index is 0.0347. The van der Waals surface area contributed by atoms with E-state index in [2.05, 4.69) is 9.84 Å². The van der Waals surface area contributed by atoms with Gasteiger partial charge in [-0.05, 0) is 6.92 Å². The summed E-state index contributed by atoms with van der Waals surface area (Å²) in [5.41, 5.74) is -0.388. The van der Waals surface area contributed by atoms with Crippen LogP contribution in [0, 0.1) is 0 Å². The lowest BCUT2D eigenvalue weighted by molar-refractivity contribution is -0.138. The van der Waals surface area contributed by atoms with Crippen LogP contribution in [0.15, 0.2) is 11.2 Å². The first-order valence-corrected chi connectivity index (χ1v) is 6.29. The molecule has 10 heteroatoms. The molecule has 1 heterocycles. The number of nitrogens with zero attached hydrogens (tertiary/aromatic N) is 2. The lowest BCUT2D eigenvalue weighted by Crippen LogP contribution is -2.23. The smallest absolute Gasteiger partial charge is 0.342 e. The van der Waals surface area contributed by atoms with Gasteiger partial charge in [-0.2, -0.15) is 5.10 Å². The SMILES string of the molecule is CCOC(=O)c1cnn(CC(=O)O)c1S(N)(=O)=O. The topological polar surface area (TPSA) is 142 Å². The number of carboxylic acids is 1. The Morgan fingerprint density at radius 3 is 2.61 bits per heavy atom. The molecule has 0 saturated heterocycles. The van der Waals surface area contributed by atoms with E-state index in [1.807, 2.05) is 0 Å². The molecule has 0 fully saturated rings. The molecule has 0 aliphatic rings. The number of hydrogen-bond acceptors (Lipinski definition) is 6. The maximum absolute atomic E-state index is 11.5. The summed E-state index contributed by atoms with van der Waals surface area (Å²) in [4.78, 5) is 22.0. The quantitative estimate of drug-likeness (QED) is 0.643. The molecule has 0 amide bonds. The predicted molar refractivity (Wildman–Crippen MR) is 57.2 cm³/mol. The number of esters is 1. The number of carbonyl (C=O) groups is 2. The lowest BCUT2D eigenvalue weighted by Gasteiger charge is -2.05. The molecule has 0 aromatic carbocycles. The third-order valence-electron chi connectivity index (χ3n) is 1.84. The molecule has 1 aromatic heterocycles. The number of nitrogens with two attached hydrogens (primary N) is 1. The molecule has 0 spiro atoms. The Kier molecular flexibility index (Phi) is 4.03. The van der Waals surface area contributed by atoms with E-state index in [9.17, 15) is 18.0 Å².